The van der Waals surface area contributed by atoms with E-state index in [-0.39, 0.29) is 0 Å². The van der Waals surface area contributed by atoms with E-state index in [0.29, 0.717) is 11.0 Å². The van der Waals surface area contributed by atoms with Crippen LogP contribution in [0.2, 0.25) is 0 Å². The van der Waals surface area contributed by atoms with Crippen molar-refractivity contribution in [3.63, 3.8) is 0 Å². The van der Waals surface area contributed by atoms with Crippen molar-refractivity contribution in [2.24, 2.45) is 0 Å². The van der Waals surface area contributed by atoms with Crippen LogP contribution in [0.5, 0.6) is 0 Å². The number of allylic oxidation sites excluding steroid dienone is 1. The van der Waals surface area contributed by atoms with Crippen LogP contribution in [0.25, 0.3) is 6.08 Å². The van der Waals surface area contributed by atoms with E-state index in [1.54, 1.807) is 12.1 Å². The minimum atomic E-state index is -2.23. The fourth-order valence-corrected chi connectivity index (χ4v) is 2.93. The third kappa shape index (κ3) is 3.50. The second-order valence-electron chi connectivity index (χ2n) is 4.70. The first-order valence-electron chi connectivity index (χ1n) is 6.69. The van der Waals surface area contributed by atoms with Gasteiger partial charge in [-0.3, -0.25) is 4.79 Å². The van der Waals surface area contributed by atoms with Gasteiger partial charge in [-0.1, -0.05) is 13.3 Å². The molecule has 0 saturated heterocycles. The average molecular weight is 346 g/mol. The molecule has 0 saturated carbocycles. The van der Waals surface area contributed by atoms with Crippen molar-refractivity contribution in [1.29, 1.82) is 0 Å². The highest BCUT2D eigenvalue weighted by Crippen LogP contribution is 2.25. The first-order valence-corrected chi connectivity index (χ1v) is 7.51. The lowest BCUT2D eigenvalue weighted by Gasteiger charge is -2.03. The monoisotopic (exact) mass is 346 g/mol. The Hall–Kier alpha value is -2.02. The van der Waals surface area contributed by atoms with Crippen molar-refractivity contribution in [1.82, 2.24) is 0 Å². The molecule has 0 radical (unpaired) electrons. The van der Waals surface area contributed by atoms with Gasteiger partial charge < -0.3 is 0 Å². The molecule has 122 valence electrons. The van der Waals surface area contributed by atoms with Crippen LogP contribution in [0.4, 0.5) is 22.0 Å². The molecule has 2 aromatic rings. The number of carbonyl (C=O) groups is 1. The third-order valence-corrected chi connectivity index (χ3v) is 4.21. The summed E-state index contributed by atoms with van der Waals surface area (Å²) in [5, 5.41) is 0. The second-order valence-corrected chi connectivity index (χ2v) is 5.87. The zero-order valence-electron chi connectivity index (χ0n) is 11.9. The van der Waals surface area contributed by atoms with Gasteiger partial charge in [0.05, 0.1) is 10.4 Å². The fourth-order valence-electron chi connectivity index (χ4n) is 1.90. The van der Waals surface area contributed by atoms with Gasteiger partial charge in [0.25, 0.3) is 0 Å². The molecule has 0 N–H and O–H groups in total. The Kier molecular flexibility index (Phi) is 5.30. The Morgan fingerprint density at radius 2 is 1.57 bits per heavy atom. The molecule has 23 heavy (non-hydrogen) atoms. The van der Waals surface area contributed by atoms with Crippen molar-refractivity contribution < 1.29 is 26.7 Å². The maximum absolute atomic E-state index is 13.5. The highest BCUT2D eigenvalue weighted by molar-refractivity contribution is 7.14. The van der Waals surface area contributed by atoms with Gasteiger partial charge in [0.15, 0.2) is 29.1 Å². The molecule has 0 bridgehead atoms. The van der Waals surface area contributed by atoms with Crippen LogP contribution in [-0.2, 0) is 6.42 Å². The summed E-state index contributed by atoms with van der Waals surface area (Å²) in [6.07, 6.45) is 3.07. The van der Waals surface area contributed by atoms with Crippen LogP contribution in [0.15, 0.2) is 18.2 Å². The van der Waals surface area contributed by atoms with Crippen molar-refractivity contribution in [3.05, 3.63) is 62.6 Å². The van der Waals surface area contributed by atoms with Crippen molar-refractivity contribution >= 4 is 23.2 Å². The number of aryl methyl sites for hydroxylation is 1. The smallest absolute Gasteiger partial charge is 0.200 e. The van der Waals surface area contributed by atoms with Gasteiger partial charge in [-0.2, -0.15) is 0 Å². The van der Waals surface area contributed by atoms with E-state index in [0.717, 1.165) is 23.8 Å². The predicted octanol–water partition coefficient (Wildman–Crippen LogP) is 5.29. The molecule has 2 rings (SSSR count). The number of hydrogen-bond acceptors (Lipinski definition) is 2. The average Bonchev–Trinajstić information content (AvgIpc) is 3.00. The number of carbonyl (C=O) groups excluding carboxylic acids is 1. The minimum absolute atomic E-state index is 0.327. The van der Waals surface area contributed by atoms with Gasteiger partial charge in [0.2, 0.25) is 5.82 Å². The Morgan fingerprint density at radius 1 is 1.00 bits per heavy atom. The number of halogens is 5. The minimum Gasteiger partial charge on any atom is -0.288 e. The molecule has 1 nitrogen and oxygen atoms in total. The highest BCUT2D eigenvalue weighted by Gasteiger charge is 2.24. The molecule has 1 aromatic heterocycles. The summed E-state index contributed by atoms with van der Waals surface area (Å²) < 4.78 is 66.0. The zero-order valence-corrected chi connectivity index (χ0v) is 12.7. The fraction of sp³-hybridized carbons (Fsp3) is 0.188. The lowest BCUT2D eigenvalue weighted by atomic mass is 10.1. The lowest BCUT2D eigenvalue weighted by Crippen LogP contribution is -2.04. The van der Waals surface area contributed by atoms with E-state index in [1.165, 1.54) is 11.3 Å². The summed E-state index contributed by atoms with van der Waals surface area (Å²) in [7, 11) is 0. The Balaban J connectivity index is 2.31. The Labute approximate surface area is 133 Å². The summed E-state index contributed by atoms with van der Waals surface area (Å²) in [6.45, 7) is 1.98. The molecule has 0 amide bonds. The molecule has 0 aliphatic rings. The predicted molar refractivity (Wildman–Crippen MR) is 77.9 cm³/mol. The largest absolute Gasteiger partial charge is 0.288 e. The molecular formula is C16H11F5OS. The van der Waals surface area contributed by atoms with Crippen molar-refractivity contribution in [3.8, 4) is 0 Å². The van der Waals surface area contributed by atoms with Gasteiger partial charge in [-0.25, -0.2) is 22.0 Å². The molecule has 0 spiro atoms. The van der Waals surface area contributed by atoms with E-state index in [1.807, 2.05) is 6.92 Å². The first kappa shape index (κ1) is 17.3. The molecule has 0 aliphatic carbocycles. The van der Waals surface area contributed by atoms with Crippen LogP contribution in [-0.4, -0.2) is 5.78 Å². The van der Waals surface area contributed by atoms with Crippen LogP contribution in [0.1, 0.15) is 33.5 Å². The molecule has 1 aromatic carbocycles. The first-order chi connectivity index (χ1) is 10.9. The highest BCUT2D eigenvalue weighted by atomic mass is 32.1. The zero-order chi connectivity index (χ0) is 17.1. The number of hydrogen-bond donors (Lipinski definition) is 0. The maximum Gasteiger partial charge on any atom is 0.200 e. The van der Waals surface area contributed by atoms with Crippen molar-refractivity contribution in [2.45, 2.75) is 19.8 Å². The molecule has 0 unspecified atom stereocenters. The lowest BCUT2D eigenvalue weighted by molar-refractivity contribution is 0.105. The summed E-state index contributed by atoms with van der Waals surface area (Å²) in [6, 6.07) is 3.31. The second kappa shape index (κ2) is 7.04. The Bertz CT molecular complexity index is 750. The van der Waals surface area contributed by atoms with Gasteiger partial charge in [0.1, 0.15) is 0 Å². The number of rotatable bonds is 5. The van der Waals surface area contributed by atoms with Crippen LogP contribution >= 0.6 is 11.3 Å². The standard InChI is InChI=1S/C16H11F5OS/c1-2-3-8-4-7-11(23-8)10(22)6-5-9-12(17)14(19)16(21)15(20)13(9)18/h4-7H,2-3H2,1H3/b6-5+. The van der Waals surface area contributed by atoms with E-state index < -0.39 is 40.4 Å². The van der Waals surface area contributed by atoms with Crippen molar-refractivity contribution in [2.75, 3.05) is 0 Å². The topological polar surface area (TPSA) is 17.1 Å². The van der Waals surface area contributed by atoms with Crippen LogP contribution in [0, 0.1) is 29.1 Å². The molecule has 1 heterocycles. The van der Waals surface area contributed by atoms with E-state index in [2.05, 4.69) is 0 Å². The molecule has 0 atom stereocenters. The van der Waals surface area contributed by atoms with Gasteiger partial charge >= 0.3 is 0 Å². The summed E-state index contributed by atoms with van der Waals surface area (Å²) in [4.78, 5) is 13.2. The number of ketones is 1. The normalized spacial score (nSPS) is 11.4. The third-order valence-electron chi connectivity index (χ3n) is 3.05. The quantitative estimate of drug-likeness (QED) is 0.236. The summed E-state index contributed by atoms with van der Waals surface area (Å²) in [5.41, 5.74) is -1.14. The van der Waals surface area contributed by atoms with Gasteiger partial charge in [0, 0.05) is 4.88 Å². The summed E-state index contributed by atoms with van der Waals surface area (Å²) in [5.74, 6) is -10.8. The van der Waals surface area contributed by atoms with E-state index in [4.69, 9.17) is 0 Å². The molecule has 7 heteroatoms. The van der Waals surface area contributed by atoms with E-state index >= 15 is 0 Å². The van der Waals surface area contributed by atoms with Crippen LogP contribution in [0.3, 0.4) is 0 Å². The SMILES string of the molecule is CCCc1ccc(C(=O)/C=C/c2c(F)c(F)c(F)c(F)c2F)s1. The number of thiophene rings is 1. The maximum atomic E-state index is 13.5. The van der Waals surface area contributed by atoms with Gasteiger partial charge in [-0.15, -0.1) is 11.3 Å². The van der Waals surface area contributed by atoms with Crippen LogP contribution < -0.4 is 0 Å². The number of benzene rings is 1. The van der Waals surface area contributed by atoms with Gasteiger partial charge in [-0.05, 0) is 30.7 Å². The molecule has 0 fully saturated rings. The molecular weight excluding hydrogens is 335 g/mol. The molecule has 0 aliphatic heterocycles. The Morgan fingerprint density at radius 3 is 2.13 bits per heavy atom. The van der Waals surface area contributed by atoms with E-state index in [9.17, 15) is 26.7 Å². The summed E-state index contributed by atoms with van der Waals surface area (Å²) >= 11 is 1.22.